The van der Waals surface area contributed by atoms with Gasteiger partial charge >= 0.3 is 0 Å². The molecule has 5 nitrogen and oxygen atoms in total. The lowest BCUT2D eigenvalue weighted by Gasteiger charge is -2.09. The van der Waals surface area contributed by atoms with E-state index in [1.54, 1.807) is 12.1 Å². The quantitative estimate of drug-likeness (QED) is 0.447. The number of nitrogens with zero attached hydrogens (tertiary/aromatic N) is 2. The lowest BCUT2D eigenvalue weighted by Crippen LogP contribution is -2.03. The summed E-state index contributed by atoms with van der Waals surface area (Å²) < 4.78 is 7.23. The van der Waals surface area contributed by atoms with E-state index in [0.29, 0.717) is 17.3 Å². The predicted octanol–water partition coefficient (Wildman–Crippen LogP) is 2.50. The minimum atomic E-state index is 0.160. The smallest absolute Gasteiger partial charge is 0.148 e. The standard InChI is InChI=1S/C18H15N3O2/c1-2-11-23-17-8-7-13(12-14(17)19)18-20-15-5-3-4-6-16(15)21(18)9-10-22/h1,3-8,10,12H,9,11,19H2. The van der Waals surface area contributed by atoms with Gasteiger partial charge in [0.15, 0.2) is 0 Å². The van der Waals surface area contributed by atoms with E-state index in [9.17, 15) is 4.79 Å². The average Bonchev–Trinajstić information content (AvgIpc) is 2.93. The fraction of sp³-hybridized carbons (Fsp3) is 0.111. The molecule has 1 aromatic heterocycles. The number of aldehydes is 1. The van der Waals surface area contributed by atoms with Gasteiger partial charge in [0.25, 0.3) is 0 Å². The van der Waals surface area contributed by atoms with Crippen molar-refractivity contribution in [1.82, 2.24) is 9.55 Å². The number of ether oxygens (including phenoxy) is 1. The van der Waals surface area contributed by atoms with Crippen LogP contribution >= 0.6 is 0 Å². The number of carbonyl (C=O) groups is 1. The van der Waals surface area contributed by atoms with E-state index >= 15 is 0 Å². The molecule has 0 saturated heterocycles. The highest BCUT2D eigenvalue weighted by atomic mass is 16.5. The Balaban J connectivity index is 2.09. The molecule has 0 unspecified atom stereocenters. The maximum atomic E-state index is 11.0. The van der Waals surface area contributed by atoms with Crippen LogP contribution in [-0.2, 0) is 11.3 Å². The number of para-hydroxylation sites is 2. The molecular formula is C18H15N3O2. The van der Waals surface area contributed by atoms with Crippen molar-refractivity contribution in [3.05, 3.63) is 42.5 Å². The number of aromatic nitrogens is 2. The lowest BCUT2D eigenvalue weighted by atomic mass is 10.1. The summed E-state index contributed by atoms with van der Waals surface area (Å²) in [5, 5.41) is 0. The minimum absolute atomic E-state index is 0.160. The zero-order valence-corrected chi connectivity index (χ0v) is 12.4. The van der Waals surface area contributed by atoms with Gasteiger partial charge in [-0.05, 0) is 30.3 Å². The third kappa shape index (κ3) is 2.74. The SMILES string of the molecule is C#CCOc1ccc(-c2nc3ccccc3n2CC=O)cc1N. The van der Waals surface area contributed by atoms with Crippen molar-refractivity contribution >= 4 is 23.0 Å². The topological polar surface area (TPSA) is 70.1 Å². The largest absolute Gasteiger partial charge is 0.479 e. The third-order valence-corrected chi connectivity index (χ3v) is 3.49. The lowest BCUT2D eigenvalue weighted by molar-refractivity contribution is -0.108. The van der Waals surface area contributed by atoms with E-state index in [4.69, 9.17) is 16.9 Å². The molecule has 0 bridgehead atoms. The molecule has 0 fully saturated rings. The first-order chi connectivity index (χ1) is 11.2. The van der Waals surface area contributed by atoms with Gasteiger partial charge in [0.2, 0.25) is 0 Å². The molecule has 0 atom stereocenters. The number of imidazole rings is 1. The molecular weight excluding hydrogens is 290 g/mol. The first-order valence-electron chi connectivity index (χ1n) is 7.09. The van der Waals surface area contributed by atoms with Gasteiger partial charge in [0, 0.05) is 5.56 Å². The second-order valence-corrected chi connectivity index (χ2v) is 4.95. The summed E-state index contributed by atoms with van der Waals surface area (Å²) in [5.74, 6) is 3.62. The Morgan fingerprint density at radius 2 is 2.13 bits per heavy atom. The Bertz CT molecular complexity index is 906. The van der Waals surface area contributed by atoms with Crippen molar-refractivity contribution in [3.63, 3.8) is 0 Å². The fourth-order valence-electron chi connectivity index (χ4n) is 2.49. The number of nitrogen functional groups attached to an aromatic ring is 1. The molecule has 2 aromatic carbocycles. The Morgan fingerprint density at radius 1 is 1.30 bits per heavy atom. The van der Waals surface area contributed by atoms with Crippen LogP contribution < -0.4 is 10.5 Å². The fourth-order valence-corrected chi connectivity index (χ4v) is 2.49. The average molecular weight is 305 g/mol. The van der Waals surface area contributed by atoms with Crippen LogP contribution in [0.15, 0.2) is 42.5 Å². The van der Waals surface area contributed by atoms with Crippen molar-refractivity contribution in [2.24, 2.45) is 0 Å². The van der Waals surface area contributed by atoms with Crippen molar-refractivity contribution in [2.75, 3.05) is 12.3 Å². The molecule has 0 saturated carbocycles. The van der Waals surface area contributed by atoms with Gasteiger partial charge in [-0.3, -0.25) is 0 Å². The molecule has 0 amide bonds. The molecule has 5 heteroatoms. The summed E-state index contributed by atoms with van der Waals surface area (Å²) in [5.41, 5.74) is 9.04. The van der Waals surface area contributed by atoms with Crippen LogP contribution in [-0.4, -0.2) is 22.4 Å². The number of nitrogens with two attached hydrogens (primary N) is 1. The zero-order chi connectivity index (χ0) is 16.2. The highest BCUT2D eigenvalue weighted by Gasteiger charge is 2.13. The van der Waals surface area contributed by atoms with E-state index in [1.165, 1.54) is 0 Å². The van der Waals surface area contributed by atoms with Gasteiger partial charge in [0.05, 0.1) is 23.3 Å². The van der Waals surface area contributed by atoms with Crippen LogP contribution in [0, 0.1) is 12.3 Å². The third-order valence-electron chi connectivity index (χ3n) is 3.49. The number of hydrogen-bond donors (Lipinski definition) is 1. The van der Waals surface area contributed by atoms with Crippen LogP contribution in [0.1, 0.15) is 0 Å². The second kappa shape index (κ2) is 6.24. The molecule has 0 aliphatic heterocycles. The van der Waals surface area contributed by atoms with Crippen molar-refractivity contribution in [2.45, 2.75) is 6.54 Å². The molecule has 3 rings (SSSR count). The number of hydrogen-bond acceptors (Lipinski definition) is 4. The number of terminal acetylenes is 1. The molecule has 114 valence electrons. The Morgan fingerprint density at radius 3 is 2.87 bits per heavy atom. The number of fused-ring (bicyclic) bond motifs is 1. The van der Waals surface area contributed by atoms with Gasteiger partial charge < -0.3 is 19.8 Å². The molecule has 1 heterocycles. The number of carbonyl (C=O) groups excluding carboxylic acids is 1. The summed E-state index contributed by atoms with van der Waals surface area (Å²) in [4.78, 5) is 15.6. The van der Waals surface area contributed by atoms with Gasteiger partial charge in [0.1, 0.15) is 24.5 Å². The van der Waals surface area contributed by atoms with Crippen molar-refractivity contribution < 1.29 is 9.53 Å². The molecule has 0 aliphatic carbocycles. The molecule has 2 N–H and O–H groups in total. The van der Waals surface area contributed by atoms with E-state index in [-0.39, 0.29) is 13.2 Å². The minimum Gasteiger partial charge on any atom is -0.479 e. The van der Waals surface area contributed by atoms with Crippen LogP contribution in [0.3, 0.4) is 0 Å². The number of anilines is 1. The first-order valence-corrected chi connectivity index (χ1v) is 7.09. The van der Waals surface area contributed by atoms with E-state index in [0.717, 1.165) is 22.9 Å². The summed E-state index contributed by atoms with van der Waals surface area (Å²) in [6, 6.07) is 13.1. The molecule has 23 heavy (non-hydrogen) atoms. The summed E-state index contributed by atoms with van der Waals surface area (Å²) in [7, 11) is 0. The Hall–Kier alpha value is -3.26. The normalized spacial score (nSPS) is 10.4. The number of rotatable bonds is 5. The Kier molecular flexibility index (Phi) is 3.98. The molecule has 0 spiro atoms. The van der Waals surface area contributed by atoms with E-state index in [2.05, 4.69) is 10.9 Å². The maximum absolute atomic E-state index is 11.0. The number of benzene rings is 2. The van der Waals surface area contributed by atoms with E-state index in [1.807, 2.05) is 34.9 Å². The van der Waals surface area contributed by atoms with Crippen LogP contribution in [0.25, 0.3) is 22.4 Å². The Labute approximate surface area is 133 Å². The van der Waals surface area contributed by atoms with Gasteiger partial charge in [-0.1, -0.05) is 18.1 Å². The highest BCUT2D eigenvalue weighted by molar-refractivity contribution is 5.82. The molecule has 0 radical (unpaired) electrons. The van der Waals surface area contributed by atoms with Gasteiger partial charge in [-0.15, -0.1) is 6.42 Å². The zero-order valence-electron chi connectivity index (χ0n) is 12.4. The van der Waals surface area contributed by atoms with Crippen LogP contribution in [0.5, 0.6) is 5.75 Å². The second-order valence-electron chi connectivity index (χ2n) is 4.95. The van der Waals surface area contributed by atoms with Crippen LogP contribution in [0.2, 0.25) is 0 Å². The van der Waals surface area contributed by atoms with Crippen LogP contribution in [0.4, 0.5) is 5.69 Å². The molecule has 0 aliphatic rings. The maximum Gasteiger partial charge on any atom is 0.148 e. The predicted molar refractivity (Wildman–Crippen MR) is 90.0 cm³/mol. The van der Waals surface area contributed by atoms with E-state index < -0.39 is 0 Å². The highest BCUT2D eigenvalue weighted by Crippen LogP contribution is 2.30. The monoisotopic (exact) mass is 305 g/mol. The summed E-state index contributed by atoms with van der Waals surface area (Å²) >= 11 is 0. The van der Waals surface area contributed by atoms with Crippen molar-refractivity contribution in [3.8, 4) is 29.5 Å². The first kappa shape index (κ1) is 14.7. The summed E-state index contributed by atoms with van der Waals surface area (Å²) in [6.07, 6.45) is 6.03. The van der Waals surface area contributed by atoms with Gasteiger partial charge in [-0.2, -0.15) is 0 Å². The van der Waals surface area contributed by atoms with Gasteiger partial charge in [-0.25, -0.2) is 4.98 Å². The molecule has 3 aromatic rings. The van der Waals surface area contributed by atoms with Crippen molar-refractivity contribution in [1.29, 1.82) is 0 Å². The summed E-state index contributed by atoms with van der Waals surface area (Å²) in [6.45, 7) is 0.387.